The summed E-state index contributed by atoms with van der Waals surface area (Å²) in [6, 6.07) is 9.50. The molecule has 0 spiro atoms. The maximum absolute atomic E-state index is 8.59. The summed E-state index contributed by atoms with van der Waals surface area (Å²) in [5.41, 5.74) is 7.13. The number of aromatic nitrogens is 2. The van der Waals surface area contributed by atoms with Crippen molar-refractivity contribution in [3.63, 3.8) is 0 Å². The molecule has 6 heteroatoms. The Morgan fingerprint density at radius 1 is 1.30 bits per heavy atom. The molecule has 0 radical (unpaired) electrons. The minimum absolute atomic E-state index is 0.0557. The van der Waals surface area contributed by atoms with E-state index in [9.17, 15) is 0 Å². The largest absolute Gasteiger partial charge is 0.409 e. The lowest BCUT2D eigenvalue weighted by Gasteiger charge is -2.17. The summed E-state index contributed by atoms with van der Waals surface area (Å²) < 4.78 is 0. The highest BCUT2D eigenvalue weighted by Gasteiger charge is 2.05. The van der Waals surface area contributed by atoms with Crippen LogP contribution in [0.4, 0.5) is 5.82 Å². The van der Waals surface area contributed by atoms with Gasteiger partial charge in [0.25, 0.3) is 0 Å². The Labute approximate surface area is 117 Å². The topological polar surface area (TPSA) is 87.6 Å². The fraction of sp³-hybridized carbons (Fsp3) is 0.214. The van der Waals surface area contributed by atoms with Crippen molar-refractivity contribution in [1.82, 2.24) is 9.97 Å². The predicted molar refractivity (Wildman–Crippen MR) is 78.0 cm³/mol. The molecule has 0 aromatic carbocycles. The smallest absolute Gasteiger partial charge is 0.171 e. The standard InChI is InChI=1S/C14H17N5O/c1-19(9-7-12-4-2-3-8-16-12)13-6-5-11(10-17-13)14(15)18-20/h2-6,8,10,20H,7,9H2,1H3,(H2,15,18). The molecule has 0 aliphatic heterocycles. The number of nitrogens with two attached hydrogens (primary N) is 1. The number of anilines is 1. The average Bonchev–Trinajstić information content (AvgIpc) is 2.53. The van der Waals surface area contributed by atoms with Gasteiger partial charge in [-0.1, -0.05) is 11.2 Å². The van der Waals surface area contributed by atoms with Crippen molar-refractivity contribution >= 4 is 11.7 Å². The number of hydrogen-bond donors (Lipinski definition) is 2. The third-order valence-corrected chi connectivity index (χ3v) is 2.97. The monoisotopic (exact) mass is 271 g/mol. The zero-order chi connectivity index (χ0) is 14.4. The van der Waals surface area contributed by atoms with E-state index in [0.717, 1.165) is 24.5 Å². The quantitative estimate of drug-likeness (QED) is 0.370. The molecule has 0 unspecified atom stereocenters. The van der Waals surface area contributed by atoms with E-state index in [-0.39, 0.29) is 5.84 Å². The fourth-order valence-corrected chi connectivity index (χ4v) is 1.76. The molecule has 20 heavy (non-hydrogen) atoms. The SMILES string of the molecule is CN(CCc1ccccn1)c1ccc(/C(N)=N/O)cn1. The average molecular weight is 271 g/mol. The van der Waals surface area contributed by atoms with Crippen LogP contribution in [0.5, 0.6) is 0 Å². The zero-order valence-corrected chi connectivity index (χ0v) is 11.3. The van der Waals surface area contributed by atoms with E-state index >= 15 is 0 Å². The van der Waals surface area contributed by atoms with Crippen LogP contribution in [-0.4, -0.2) is 34.6 Å². The summed E-state index contributed by atoms with van der Waals surface area (Å²) in [6.45, 7) is 0.812. The summed E-state index contributed by atoms with van der Waals surface area (Å²) in [5, 5.41) is 11.5. The van der Waals surface area contributed by atoms with E-state index in [1.165, 1.54) is 0 Å². The maximum Gasteiger partial charge on any atom is 0.171 e. The first-order valence-corrected chi connectivity index (χ1v) is 6.25. The molecule has 0 aliphatic carbocycles. The van der Waals surface area contributed by atoms with Crippen LogP contribution in [0.15, 0.2) is 47.9 Å². The Bertz CT molecular complexity index is 568. The normalized spacial score (nSPS) is 11.3. The first kappa shape index (κ1) is 13.8. The molecule has 0 aliphatic rings. The molecule has 0 atom stereocenters. The number of nitrogens with zero attached hydrogens (tertiary/aromatic N) is 4. The van der Waals surface area contributed by atoms with Crippen molar-refractivity contribution in [2.24, 2.45) is 10.9 Å². The first-order chi connectivity index (χ1) is 9.70. The van der Waals surface area contributed by atoms with Gasteiger partial charge >= 0.3 is 0 Å². The number of hydrogen-bond acceptors (Lipinski definition) is 5. The van der Waals surface area contributed by atoms with E-state index in [1.54, 1.807) is 18.5 Å². The zero-order valence-electron chi connectivity index (χ0n) is 11.3. The number of pyridine rings is 2. The van der Waals surface area contributed by atoms with Crippen molar-refractivity contribution < 1.29 is 5.21 Å². The van der Waals surface area contributed by atoms with Crippen molar-refractivity contribution in [2.45, 2.75) is 6.42 Å². The minimum atomic E-state index is 0.0557. The van der Waals surface area contributed by atoms with Gasteiger partial charge in [0.15, 0.2) is 5.84 Å². The van der Waals surface area contributed by atoms with Crippen LogP contribution in [0.25, 0.3) is 0 Å². The maximum atomic E-state index is 8.59. The first-order valence-electron chi connectivity index (χ1n) is 6.25. The number of likely N-dealkylation sites (N-methyl/N-ethyl adjacent to an activating group) is 1. The molecule has 0 amide bonds. The molecule has 2 heterocycles. The summed E-state index contributed by atoms with van der Waals surface area (Å²) in [7, 11) is 1.97. The van der Waals surface area contributed by atoms with Crippen LogP contribution in [0.3, 0.4) is 0 Å². The Kier molecular flexibility index (Phi) is 4.49. The molecule has 0 saturated carbocycles. The molecule has 2 aromatic heterocycles. The molecule has 2 rings (SSSR count). The Morgan fingerprint density at radius 3 is 2.75 bits per heavy atom. The number of rotatable bonds is 5. The molecule has 3 N–H and O–H groups in total. The Hall–Kier alpha value is -2.63. The van der Waals surface area contributed by atoms with Crippen molar-refractivity contribution in [3.05, 3.63) is 54.0 Å². The van der Waals surface area contributed by atoms with Crippen LogP contribution >= 0.6 is 0 Å². The van der Waals surface area contributed by atoms with Crippen molar-refractivity contribution in [3.8, 4) is 0 Å². The van der Waals surface area contributed by atoms with Gasteiger partial charge in [-0.15, -0.1) is 0 Å². The lowest BCUT2D eigenvalue weighted by molar-refractivity contribution is 0.318. The van der Waals surface area contributed by atoms with Crippen LogP contribution in [0.1, 0.15) is 11.3 Å². The van der Waals surface area contributed by atoms with E-state index in [1.807, 2.05) is 36.2 Å². The molecular formula is C14H17N5O. The fourth-order valence-electron chi connectivity index (χ4n) is 1.76. The second kappa shape index (κ2) is 6.51. The summed E-state index contributed by atoms with van der Waals surface area (Å²) in [5.74, 6) is 0.885. The third-order valence-electron chi connectivity index (χ3n) is 2.97. The summed E-state index contributed by atoms with van der Waals surface area (Å²) in [4.78, 5) is 10.6. The van der Waals surface area contributed by atoms with Crippen LogP contribution in [-0.2, 0) is 6.42 Å². The van der Waals surface area contributed by atoms with Gasteiger partial charge in [0.2, 0.25) is 0 Å². The van der Waals surface area contributed by atoms with E-state index in [2.05, 4.69) is 15.1 Å². The minimum Gasteiger partial charge on any atom is -0.409 e. The molecule has 6 nitrogen and oxygen atoms in total. The Balaban J connectivity index is 1.97. The highest BCUT2D eigenvalue weighted by molar-refractivity contribution is 5.96. The molecule has 104 valence electrons. The summed E-state index contributed by atoms with van der Waals surface area (Å²) >= 11 is 0. The highest BCUT2D eigenvalue weighted by atomic mass is 16.4. The number of amidine groups is 1. The van der Waals surface area contributed by atoms with Crippen LogP contribution in [0, 0.1) is 0 Å². The second-order valence-electron chi connectivity index (χ2n) is 4.38. The van der Waals surface area contributed by atoms with Gasteiger partial charge in [0.1, 0.15) is 5.82 Å². The molecular weight excluding hydrogens is 254 g/mol. The van der Waals surface area contributed by atoms with Crippen molar-refractivity contribution in [1.29, 1.82) is 0 Å². The van der Waals surface area contributed by atoms with Crippen LogP contribution < -0.4 is 10.6 Å². The van der Waals surface area contributed by atoms with E-state index in [4.69, 9.17) is 10.9 Å². The van der Waals surface area contributed by atoms with Gasteiger partial charge in [0, 0.05) is 43.7 Å². The predicted octanol–water partition coefficient (Wildman–Crippen LogP) is 1.25. The molecule has 0 bridgehead atoms. The van der Waals surface area contributed by atoms with Gasteiger partial charge in [-0.25, -0.2) is 4.98 Å². The second-order valence-corrected chi connectivity index (χ2v) is 4.38. The highest BCUT2D eigenvalue weighted by Crippen LogP contribution is 2.10. The van der Waals surface area contributed by atoms with Gasteiger partial charge in [-0.3, -0.25) is 4.98 Å². The van der Waals surface area contributed by atoms with Crippen molar-refractivity contribution in [2.75, 3.05) is 18.5 Å². The van der Waals surface area contributed by atoms with Crippen LogP contribution in [0.2, 0.25) is 0 Å². The lowest BCUT2D eigenvalue weighted by Crippen LogP contribution is -2.22. The van der Waals surface area contributed by atoms with Gasteiger partial charge < -0.3 is 15.8 Å². The van der Waals surface area contributed by atoms with E-state index in [0.29, 0.717) is 5.56 Å². The lowest BCUT2D eigenvalue weighted by atomic mass is 10.2. The summed E-state index contributed by atoms with van der Waals surface area (Å²) in [6.07, 6.45) is 4.22. The van der Waals surface area contributed by atoms with Gasteiger partial charge in [0.05, 0.1) is 0 Å². The van der Waals surface area contributed by atoms with E-state index < -0.39 is 0 Å². The number of oxime groups is 1. The van der Waals surface area contributed by atoms with Gasteiger partial charge in [-0.2, -0.15) is 0 Å². The third kappa shape index (κ3) is 3.44. The Morgan fingerprint density at radius 2 is 2.15 bits per heavy atom. The molecule has 0 fully saturated rings. The van der Waals surface area contributed by atoms with Gasteiger partial charge in [-0.05, 0) is 24.3 Å². The molecule has 2 aromatic rings. The molecule has 0 saturated heterocycles.